The highest BCUT2D eigenvalue weighted by atomic mass is 16.3. The monoisotopic (exact) mass is 628 g/mol. The molecular formula is C45H28N2O2. The molecule has 0 bridgehead atoms. The number of benzene rings is 8. The van der Waals surface area contributed by atoms with Crippen LogP contribution in [0.3, 0.4) is 0 Å². The lowest BCUT2D eigenvalue weighted by Gasteiger charge is -2.28. The molecule has 8 aromatic carbocycles. The van der Waals surface area contributed by atoms with Gasteiger partial charge in [0, 0.05) is 38.7 Å². The fourth-order valence-corrected chi connectivity index (χ4v) is 7.16. The van der Waals surface area contributed by atoms with Crippen molar-refractivity contribution >= 4 is 71.6 Å². The maximum Gasteiger partial charge on any atom is 0.227 e. The third-order valence-corrected chi connectivity index (χ3v) is 9.48. The molecule has 0 aliphatic heterocycles. The van der Waals surface area contributed by atoms with Crippen LogP contribution in [0.15, 0.2) is 179 Å². The first-order valence-corrected chi connectivity index (χ1v) is 16.5. The zero-order valence-corrected chi connectivity index (χ0v) is 26.4. The summed E-state index contributed by atoms with van der Waals surface area (Å²) in [5.41, 5.74) is 9.86. The molecule has 4 heteroatoms. The SMILES string of the molecule is c1ccc(-c2nc3ccc4c5cc(N(c6ccc7oc8ccccc8c7c6)c6ccccc6-c6ccccc6)ccc5ccc4c3o2)cc1. The summed E-state index contributed by atoms with van der Waals surface area (Å²) in [6.45, 7) is 0. The van der Waals surface area contributed by atoms with Gasteiger partial charge < -0.3 is 13.7 Å². The van der Waals surface area contributed by atoms with Gasteiger partial charge >= 0.3 is 0 Å². The second-order valence-electron chi connectivity index (χ2n) is 12.4. The fourth-order valence-electron chi connectivity index (χ4n) is 7.16. The molecule has 0 saturated heterocycles. The van der Waals surface area contributed by atoms with Crippen molar-refractivity contribution in [3.05, 3.63) is 170 Å². The van der Waals surface area contributed by atoms with Gasteiger partial charge in [-0.1, -0.05) is 103 Å². The van der Waals surface area contributed by atoms with E-state index in [1.54, 1.807) is 0 Å². The molecule has 0 unspecified atom stereocenters. The third kappa shape index (κ3) is 4.49. The number of anilines is 3. The van der Waals surface area contributed by atoms with Crippen LogP contribution < -0.4 is 4.90 Å². The van der Waals surface area contributed by atoms with E-state index >= 15 is 0 Å². The molecule has 0 fully saturated rings. The average Bonchev–Trinajstić information content (AvgIpc) is 3.78. The Bertz CT molecular complexity index is 2830. The van der Waals surface area contributed by atoms with Crippen molar-refractivity contribution in [2.24, 2.45) is 0 Å². The summed E-state index contributed by atoms with van der Waals surface area (Å²) in [7, 11) is 0. The predicted octanol–water partition coefficient (Wildman–Crippen LogP) is 12.8. The number of para-hydroxylation sites is 2. The van der Waals surface area contributed by atoms with Crippen molar-refractivity contribution < 1.29 is 8.83 Å². The molecule has 4 nitrogen and oxygen atoms in total. The average molecular weight is 629 g/mol. The highest BCUT2D eigenvalue weighted by molar-refractivity contribution is 6.16. The van der Waals surface area contributed by atoms with Gasteiger partial charge in [-0.05, 0) is 88.5 Å². The molecule has 0 N–H and O–H groups in total. The smallest absolute Gasteiger partial charge is 0.227 e. The molecule has 10 rings (SSSR count). The van der Waals surface area contributed by atoms with Crippen LogP contribution in [0.5, 0.6) is 0 Å². The Balaban J connectivity index is 1.21. The first kappa shape index (κ1) is 27.5. The van der Waals surface area contributed by atoms with Gasteiger partial charge in [-0.2, -0.15) is 0 Å². The van der Waals surface area contributed by atoms with Gasteiger partial charge in [0.05, 0.1) is 5.69 Å². The topological polar surface area (TPSA) is 42.4 Å². The summed E-state index contributed by atoms with van der Waals surface area (Å²) in [5, 5.41) is 6.65. The summed E-state index contributed by atoms with van der Waals surface area (Å²) >= 11 is 0. The normalized spacial score (nSPS) is 11.7. The largest absolute Gasteiger partial charge is 0.456 e. The van der Waals surface area contributed by atoms with Gasteiger partial charge in [0.1, 0.15) is 16.7 Å². The minimum atomic E-state index is 0.628. The molecular weight excluding hydrogens is 601 g/mol. The Labute approximate surface area is 282 Å². The lowest BCUT2D eigenvalue weighted by molar-refractivity contribution is 0.623. The Morgan fingerprint density at radius 1 is 0.429 bits per heavy atom. The summed E-state index contributed by atoms with van der Waals surface area (Å²) in [4.78, 5) is 7.20. The van der Waals surface area contributed by atoms with Gasteiger partial charge in [-0.3, -0.25) is 0 Å². The van der Waals surface area contributed by atoms with E-state index in [4.69, 9.17) is 13.8 Å². The maximum atomic E-state index is 6.44. The fraction of sp³-hybridized carbons (Fsp3) is 0. The molecule has 2 heterocycles. The molecule has 10 aromatic rings. The second kappa shape index (κ2) is 11.0. The minimum absolute atomic E-state index is 0.628. The Morgan fingerprint density at radius 3 is 1.94 bits per heavy atom. The second-order valence-corrected chi connectivity index (χ2v) is 12.4. The molecule has 230 valence electrons. The van der Waals surface area contributed by atoms with E-state index in [2.05, 4.69) is 132 Å². The van der Waals surface area contributed by atoms with Crippen LogP contribution in [0.25, 0.3) is 77.2 Å². The number of furan rings is 1. The van der Waals surface area contributed by atoms with E-state index in [1.807, 2.05) is 42.5 Å². The molecule has 0 saturated carbocycles. The molecule has 0 spiro atoms. The number of rotatable bonds is 5. The van der Waals surface area contributed by atoms with Gasteiger partial charge in [0.25, 0.3) is 0 Å². The van der Waals surface area contributed by atoms with Gasteiger partial charge in [-0.15, -0.1) is 0 Å². The summed E-state index contributed by atoms with van der Waals surface area (Å²) < 4.78 is 12.7. The molecule has 0 amide bonds. The molecule has 2 aromatic heterocycles. The Hall–Kier alpha value is -6.65. The molecule has 49 heavy (non-hydrogen) atoms. The summed E-state index contributed by atoms with van der Waals surface area (Å²) in [6, 6.07) is 59.3. The van der Waals surface area contributed by atoms with Crippen LogP contribution >= 0.6 is 0 Å². The quantitative estimate of drug-likeness (QED) is 0.178. The van der Waals surface area contributed by atoms with Gasteiger partial charge in [-0.25, -0.2) is 4.98 Å². The van der Waals surface area contributed by atoms with Crippen LogP contribution in [0.2, 0.25) is 0 Å². The van der Waals surface area contributed by atoms with Crippen LogP contribution in [0, 0.1) is 0 Å². The predicted molar refractivity (Wildman–Crippen MR) is 202 cm³/mol. The van der Waals surface area contributed by atoms with E-state index in [9.17, 15) is 0 Å². The van der Waals surface area contributed by atoms with E-state index in [0.717, 1.165) is 88.3 Å². The van der Waals surface area contributed by atoms with E-state index < -0.39 is 0 Å². The van der Waals surface area contributed by atoms with Crippen LogP contribution in [0.4, 0.5) is 17.1 Å². The van der Waals surface area contributed by atoms with Crippen molar-refractivity contribution in [2.45, 2.75) is 0 Å². The first-order chi connectivity index (χ1) is 24.3. The van der Waals surface area contributed by atoms with Crippen molar-refractivity contribution in [1.29, 1.82) is 0 Å². The zero-order valence-electron chi connectivity index (χ0n) is 26.4. The Morgan fingerprint density at radius 2 is 1.08 bits per heavy atom. The number of aromatic nitrogens is 1. The van der Waals surface area contributed by atoms with Crippen molar-refractivity contribution in [3.8, 4) is 22.6 Å². The van der Waals surface area contributed by atoms with Crippen LogP contribution in [-0.2, 0) is 0 Å². The molecule has 0 aliphatic rings. The summed E-state index contributed by atoms with van der Waals surface area (Å²) in [6.07, 6.45) is 0. The van der Waals surface area contributed by atoms with Crippen LogP contribution in [0.1, 0.15) is 0 Å². The van der Waals surface area contributed by atoms with E-state index in [0.29, 0.717) is 5.89 Å². The zero-order chi connectivity index (χ0) is 32.3. The maximum absolute atomic E-state index is 6.44. The Kier molecular flexibility index (Phi) is 6.15. The summed E-state index contributed by atoms with van der Waals surface area (Å²) in [5.74, 6) is 0.628. The molecule has 0 aliphatic carbocycles. The first-order valence-electron chi connectivity index (χ1n) is 16.5. The highest BCUT2D eigenvalue weighted by Crippen LogP contribution is 2.44. The number of nitrogens with zero attached hydrogens (tertiary/aromatic N) is 2. The van der Waals surface area contributed by atoms with Gasteiger partial charge in [0.2, 0.25) is 5.89 Å². The third-order valence-electron chi connectivity index (χ3n) is 9.48. The number of fused-ring (bicyclic) bond motifs is 8. The minimum Gasteiger partial charge on any atom is -0.456 e. The number of hydrogen-bond acceptors (Lipinski definition) is 4. The lowest BCUT2D eigenvalue weighted by atomic mass is 9.99. The van der Waals surface area contributed by atoms with Crippen molar-refractivity contribution in [3.63, 3.8) is 0 Å². The molecule has 0 radical (unpaired) electrons. The standard InChI is InChI=1S/C45H28N2O2/c1-3-11-29(12-4-1)34-15-7-9-17-41(34)47(33-22-26-43-39(28-33)36-16-8-10-18-42(36)48-43)32-21-19-30-20-23-37-35(38(30)27-32)24-25-40-44(37)49-45(46-40)31-13-5-2-6-14-31/h1-28H. The lowest BCUT2D eigenvalue weighted by Crippen LogP contribution is -2.11. The van der Waals surface area contributed by atoms with Gasteiger partial charge in [0.15, 0.2) is 5.58 Å². The molecule has 0 atom stereocenters. The number of oxazole rings is 1. The highest BCUT2D eigenvalue weighted by Gasteiger charge is 2.20. The number of hydrogen-bond donors (Lipinski definition) is 0. The van der Waals surface area contributed by atoms with E-state index in [-0.39, 0.29) is 0 Å². The van der Waals surface area contributed by atoms with Crippen molar-refractivity contribution in [2.75, 3.05) is 4.90 Å². The van der Waals surface area contributed by atoms with Crippen LogP contribution in [-0.4, -0.2) is 4.98 Å². The van der Waals surface area contributed by atoms with Crippen molar-refractivity contribution in [1.82, 2.24) is 4.98 Å². The van der Waals surface area contributed by atoms with E-state index in [1.165, 1.54) is 0 Å².